The Hall–Kier alpha value is -1.17. The van der Waals surface area contributed by atoms with Gasteiger partial charge < -0.3 is 10.1 Å². The van der Waals surface area contributed by atoms with Gasteiger partial charge in [-0.1, -0.05) is 30.0 Å². The highest BCUT2D eigenvalue weighted by atomic mass is 35.5. The molecule has 7 heteroatoms. The summed E-state index contributed by atoms with van der Waals surface area (Å²) in [5, 5.41) is 17.3. The van der Waals surface area contributed by atoms with E-state index in [-0.39, 0.29) is 11.0 Å². The number of hydrogen-bond donors (Lipinski definition) is 0. The van der Waals surface area contributed by atoms with Crippen LogP contribution in [0, 0.1) is 10.1 Å². The van der Waals surface area contributed by atoms with E-state index in [0.717, 1.165) is 12.8 Å². The molecular formula is C6H9ClN4O2. The molecule has 0 fully saturated rings. The van der Waals surface area contributed by atoms with Gasteiger partial charge >= 0.3 is 5.82 Å². The minimum Gasteiger partial charge on any atom is -0.358 e. The van der Waals surface area contributed by atoms with Crippen molar-refractivity contribution in [1.29, 1.82) is 0 Å². The fourth-order valence-corrected chi connectivity index (χ4v) is 1.12. The molecule has 0 saturated heterocycles. The fraction of sp³-hybridized carbons (Fsp3) is 0.667. The Morgan fingerprint density at radius 1 is 1.69 bits per heavy atom. The van der Waals surface area contributed by atoms with E-state index in [1.807, 2.05) is 6.92 Å². The van der Waals surface area contributed by atoms with Gasteiger partial charge in [-0.2, -0.15) is 0 Å². The Bertz CT molecular complexity index is 312. The van der Waals surface area contributed by atoms with Gasteiger partial charge in [-0.05, 0) is 11.3 Å². The summed E-state index contributed by atoms with van der Waals surface area (Å²) < 4.78 is 1.21. The second-order valence-electron chi connectivity index (χ2n) is 2.54. The van der Waals surface area contributed by atoms with Crippen LogP contribution in [-0.4, -0.2) is 19.9 Å². The van der Waals surface area contributed by atoms with Crippen molar-refractivity contribution in [2.45, 2.75) is 26.3 Å². The second-order valence-corrected chi connectivity index (χ2v) is 2.90. The normalized spacial score (nSPS) is 10.3. The van der Waals surface area contributed by atoms with Crippen LogP contribution in [0.4, 0.5) is 5.82 Å². The average molecular weight is 205 g/mol. The van der Waals surface area contributed by atoms with Crippen LogP contribution in [-0.2, 0) is 6.54 Å². The van der Waals surface area contributed by atoms with E-state index in [9.17, 15) is 10.1 Å². The van der Waals surface area contributed by atoms with E-state index in [1.54, 1.807) is 0 Å². The molecule has 0 unspecified atom stereocenters. The van der Waals surface area contributed by atoms with Crippen molar-refractivity contribution < 1.29 is 4.92 Å². The summed E-state index contributed by atoms with van der Waals surface area (Å²) in [5.41, 5.74) is 0. The van der Waals surface area contributed by atoms with Crippen LogP contribution in [0.5, 0.6) is 0 Å². The van der Waals surface area contributed by atoms with Crippen LogP contribution in [0.2, 0.25) is 5.15 Å². The molecule has 1 aromatic heterocycles. The first-order valence-corrected chi connectivity index (χ1v) is 4.28. The number of aromatic nitrogens is 3. The van der Waals surface area contributed by atoms with E-state index < -0.39 is 4.92 Å². The molecule has 0 amide bonds. The van der Waals surface area contributed by atoms with Gasteiger partial charge in [0.05, 0.1) is 0 Å². The predicted octanol–water partition coefficient (Wildman–Crippen LogP) is 1.64. The lowest BCUT2D eigenvalue weighted by Crippen LogP contribution is -2.04. The quantitative estimate of drug-likeness (QED) is 0.552. The van der Waals surface area contributed by atoms with Crippen molar-refractivity contribution in [2.75, 3.05) is 0 Å². The topological polar surface area (TPSA) is 73.8 Å². The summed E-state index contributed by atoms with van der Waals surface area (Å²) in [5.74, 6) is -0.227. The van der Waals surface area contributed by atoms with E-state index >= 15 is 0 Å². The third-order valence-corrected chi connectivity index (χ3v) is 1.81. The van der Waals surface area contributed by atoms with Crippen LogP contribution < -0.4 is 0 Å². The second kappa shape index (κ2) is 4.18. The lowest BCUT2D eigenvalue weighted by atomic mass is 10.3. The van der Waals surface area contributed by atoms with Gasteiger partial charge in [-0.25, -0.2) is 0 Å². The molecule has 13 heavy (non-hydrogen) atoms. The maximum Gasteiger partial charge on any atom is 0.384 e. The van der Waals surface area contributed by atoms with Gasteiger partial charge in [-0.3, -0.25) is 0 Å². The molecule has 72 valence electrons. The first kappa shape index (κ1) is 9.91. The van der Waals surface area contributed by atoms with Gasteiger partial charge in [0.25, 0.3) is 5.15 Å². The number of unbranched alkanes of at least 4 members (excludes halogenated alkanes) is 1. The summed E-state index contributed by atoms with van der Waals surface area (Å²) in [6.07, 6.45) is 1.76. The molecule has 0 radical (unpaired) electrons. The summed E-state index contributed by atoms with van der Waals surface area (Å²) >= 11 is 5.48. The monoisotopic (exact) mass is 204 g/mol. The fourth-order valence-electron chi connectivity index (χ4n) is 0.915. The third-order valence-electron chi connectivity index (χ3n) is 1.57. The van der Waals surface area contributed by atoms with Crippen molar-refractivity contribution in [2.24, 2.45) is 0 Å². The molecule has 0 aliphatic carbocycles. The maximum atomic E-state index is 10.5. The Labute approximate surface area is 79.6 Å². The van der Waals surface area contributed by atoms with Crippen LogP contribution in [0.1, 0.15) is 19.8 Å². The minimum atomic E-state index is -0.571. The Kier molecular flexibility index (Phi) is 3.18. The maximum absolute atomic E-state index is 10.5. The smallest absolute Gasteiger partial charge is 0.358 e. The first-order valence-electron chi connectivity index (χ1n) is 3.90. The Morgan fingerprint density at radius 3 is 2.92 bits per heavy atom. The van der Waals surface area contributed by atoms with Crippen molar-refractivity contribution in [3.05, 3.63) is 15.3 Å². The van der Waals surface area contributed by atoms with Gasteiger partial charge in [0.1, 0.15) is 6.54 Å². The number of nitro groups is 1. The molecule has 6 nitrogen and oxygen atoms in total. The zero-order chi connectivity index (χ0) is 9.84. The zero-order valence-electron chi connectivity index (χ0n) is 7.10. The zero-order valence-corrected chi connectivity index (χ0v) is 7.86. The van der Waals surface area contributed by atoms with Gasteiger partial charge in [-0.15, -0.1) is 4.68 Å². The van der Waals surface area contributed by atoms with Crippen molar-refractivity contribution in [3.8, 4) is 0 Å². The molecule has 0 spiro atoms. The number of halogens is 1. The van der Waals surface area contributed by atoms with Gasteiger partial charge in [0, 0.05) is 5.21 Å². The molecule has 1 rings (SSSR count). The SMILES string of the molecule is CCCCn1nnc(Cl)c1[N+](=O)[O-]. The largest absolute Gasteiger partial charge is 0.384 e. The molecule has 1 heterocycles. The number of aryl methyl sites for hydroxylation is 1. The van der Waals surface area contributed by atoms with E-state index in [4.69, 9.17) is 11.6 Å². The van der Waals surface area contributed by atoms with Crippen LogP contribution >= 0.6 is 11.6 Å². The first-order chi connectivity index (χ1) is 6.16. The molecule has 0 atom stereocenters. The summed E-state index contributed by atoms with van der Waals surface area (Å²) in [7, 11) is 0. The molecule has 0 aromatic carbocycles. The average Bonchev–Trinajstić information content (AvgIpc) is 2.43. The van der Waals surface area contributed by atoms with Crippen LogP contribution in [0.15, 0.2) is 0 Å². The Balaban J connectivity index is 2.87. The minimum absolute atomic E-state index is 0.152. The lowest BCUT2D eigenvalue weighted by molar-refractivity contribution is -0.392. The van der Waals surface area contributed by atoms with Gasteiger partial charge in [0.15, 0.2) is 0 Å². The Morgan fingerprint density at radius 2 is 2.38 bits per heavy atom. The highest BCUT2D eigenvalue weighted by Crippen LogP contribution is 2.20. The molecule has 0 N–H and O–H groups in total. The number of nitrogens with zero attached hydrogens (tertiary/aromatic N) is 4. The highest BCUT2D eigenvalue weighted by molar-refractivity contribution is 6.31. The predicted molar refractivity (Wildman–Crippen MR) is 46.6 cm³/mol. The van der Waals surface area contributed by atoms with E-state index in [2.05, 4.69) is 10.3 Å². The van der Waals surface area contributed by atoms with Crippen molar-refractivity contribution in [3.63, 3.8) is 0 Å². The van der Waals surface area contributed by atoms with Crippen molar-refractivity contribution >= 4 is 17.4 Å². The van der Waals surface area contributed by atoms with Crippen molar-refractivity contribution in [1.82, 2.24) is 15.0 Å². The summed E-state index contributed by atoms with van der Waals surface area (Å²) in [4.78, 5) is 9.92. The highest BCUT2D eigenvalue weighted by Gasteiger charge is 2.21. The standard InChI is InChI=1S/C6H9ClN4O2/c1-2-3-4-10-6(11(12)13)5(7)8-9-10/h2-4H2,1H3. The van der Waals surface area contributed by atoms with E-state index in [1.165, 1.54) is 4.68 Å². The molecule has 1 aromatic rings. The third kappa shape index (κ3) is 2.15. The van der Waals surface area contributed by atoms with Gasteiger partial charge in [0.2, 0.25) is 0 Å². The molecule has 0 aliphatic heterocycles. The molecule has 0 saturated carbocycles. The summed E-state index contributed by atoms with van der Waals surface area (Å²) in [6.45, 7) is 2.47. The number of rotatable bonds is 4. The molecule has 0 aliphatic rings. The van der Waals surface area contributed by atoms with Crippen LogP contribution in [0.3, 0.4) is 0 Å². The van der Waals surface area contributed by atoms with E-state index in [0.29, 0.717) is 6.54 Å². The number of hydrogen-bond acceptors (Lipinski definition) is 4. The lowest BCUT2D eigenvalue weighted by Gasteiger charge is -1.95. The molecular weight excluding hydrogens is 196 g/mol. The molecule has 0 bridgehead atoms. The van der Waals surface area contributed by atoms with Crippen LogP contribution in [0.25, 0.3) is 0 Å². The summed E-state index contributed by atoms with van der Waals surface area (Å²) in [6, 6.07) is 0.